The number of carbonyl (C=O) groups is 3. The predicted octanol–water partition coefficient (Wildman–Crippen LogP) is 0.0534. The molecule has 6 nitrogen and oxygen atoms in total. The van der Waals surface area contributed by atoms with Gasteiger partial charge in [-0.25, -0.2) is 4.79 Å². The Hall–Kier alpha value is -2.37. The second kappa shape index (κ2) is 5.81. The summed E-state index contributed by atoms with van der Waals surface area (Å²) in [6, 6.07) is 5.32. The molecule has 6 heteroatoms. The van der Waals surface area contributed by atoms with Gasteiger partial charge < -0.3 is 16.2 Å². The molecule has 0 aromatic heterocycles. The van der Waals surface area contributed by atoms with Crippen molar-refractivity contribution in [2.24, 2.45) is 5.73 Å². The molecule has 0 fully saturated rings. The number of hydrogen-bond donors (Lipinski definition) is 3. The molecule has 0 heterocycles. The molecule has 0 unspecified atom stereocenters. The molecule has 0 aliphatic rings. The van der Waals surface area contributed by atoms with Crippen LogP contribution in [0.15, 0.2) is 24.3 Å². The predicted molar refractivity (Wildman–Crippen MR) is 63.9 cm³/mol. The Morgan fingerprint density at radius 1 is 1.28 bits per heavy atom. The van der Waals surface area contributed by atoms with Gasteiger partial charge in [-0.05, 0) is 19.1 Å². The van der Waals surface area contributed by atoms with Crippen molar-refractivity contribution in [3.05, 3.63) is 35.4 Å². The maximum atomic E-state index is 11.7. The lowest BCUT2D eigenvalue weighted by atomic mass is 10.1. The highest BCUT2D eigenvalue weighted by Gasteiger charge is 2.22. The topological polar surface area (TPSA) is 109 Å². The molecule has 2 amide bonds. The molecule has 4 N–H and O–H groups in total. The Bertz CT molecular complexity index is 467. The van der Waals surface area contributed by atoms with Crippen LogP contribution in [0.1, 0.15) is 22.3 Å². The summed E-state index contributed by atoms with van der Waals surface area (Å²) in [5, 5.41) is 11.1. The average molecular weight is 250 g/mol. The lowest BCUT2D eigenvalue weighted by Crippen LogP contribution is -2.43. The Morgan fingerprint density at radius 2 is 1.83 bits per heavy atom. The van der Waals surface area contributed by atoms with E-state index in [9.17, 15) is 14.4 Å². The van der Waals surface area contributed by atoms with E-state index in [0.717, 1.165) is 5.56 Å². The van der Waals surface area contributed by atoms with Crippen LogP contribution in [-0.2, 0) is 9.59 Å². The molecule has 0 saturated carbocycles. The molecule has 0 bridgehead atoms. The van der Waals surface area contributed by atoms with Crippen molar-refractivity contribution in [1.82, 2.24) is 5.32 Å². The third-order valence-corrected chi connectivity index (χ3v) is 2.32. The first-order valence-electron chi connectivity index (χ1n) is 5.29. The molecule has 0 aliphatic heterocycles. The van der Waals surface area contributed by atoms with Crippen LogP contribution in [0, 0.1) is 6.92 Å². The lowest BCUT2D eigenvalue weighted by molar-refractivity contribution is -0.140. The molecule has 1 rings (SSSR count). The fraction of sp³-hybridized carbons (Fsp3) is 0.250. The summed E-state index contributed by atoms with van der Waals surface area (Å²) in [4.78, 5) is 33.2. The summed E-state index contributed by atoms with van der Waals surface area (Å²) >= 11 is 0. The van der Waals surface area contributed by atoms with E-state index in [-0.39, 0.29) is 0 Å². The number of rotatable bonds is 5. The highest BCUT2D eigenvalue weighted by molar-refractivity contribution is 5.97. The largest absolute Gasteiger partial charge is 0.480 e. The van der Waals surface area contributed by atoms with Gasteiger partial charge in [0.15, 0.2) is 0 Å². The normalized spacial score (nSPS) is 11.6. The minimum atomic E-state index is -1.31. The number of primary amides is 1. The molecule has 0 spiro atoms. The fourth-order valence-electron chi connectivity index (χ4n) is 1.35. The van der Waals surface area contributed by atoms with Crippen LogP contribution in [0.4, 0.5) is 0 Å². The number of nitrogens with one attached hydrogen (secondary N) is 1. The van der Waals surface area contributed by atoms with E-state index in [1.54, 1.807) is 24.3 Å². The van der Waals surface area contributed by atoms with E-state index in [1.165, 1.54) is 0 Å². The molecule has 1 aromatic carbocycles. The van der Waals surface area contributed by atoms with Gasteiger partial charge in [0.1, 0.15) is 6.04 Å². The number of benzene rings is 1. The van der Waals surface area contributed by atoms with Crippen LogP contribution in [-0.4, -0.2) is 28.9 Å². The quantitative estimate of drug-likeness (QED) is 0.686. The number of aliphatic carboxylic acids is 1. The monoisotopic (exact) mass is 250 g/mol. The van der Waals surface area contributed by atoms with Crippen molar-refractivity contribution in [1.29, 1.82) is 0 Å². The summed E-state index contributed by atoms with van der Waals surface area (Å²) in [6.07, 6.45) is -0.438. The zero-order chi connectivity index (χ0) is 13.7. The Morgan fingerprint density at radius 3 is 2.28 bits per heavy atom. The van der Waals surface area contributed by atoms with E-state index in [2.05, 4.69) is 5.32 Å². The molecular formula is C12H14N2O4. The standard InChI is InChI=1S/C12H14N2O4/c1-7-2-4-8(5-3-7)11(16)14-9(12(17)18)6-10(13)15/h2-5,9H,6H2,1H3,(H2,13,15)(H,14,16)(H,17,18)/t9-/m1/s1. The van der Waals surface area contributed by atoms with Crippen LogP contribution < -0.4 is 11.1 Å². The Labute approximate surface area is 104 Å². The number of carbonyl (C=O) groups excluding carboxylic acids is 2. The van der Waals surface area contributed by atoms with Crippen molar-refractivity contribution in [2.75, 3.05) is 0 Å². The van der Waals surface area contributed by atoms with Gasteiger partial charge in [0.25, 0.3) is 5.91 Å². The first-order valence-corrected chi connectivity index (χ1v) is 5.29. The maximum absolute atomic E-state index is 11.7. The van der Waals surface area contributed by atoms with Crippen molar-refractivity contribution < 1.29 is 19.5 Å². The lowest BCUT2D eigenvalue weighted by Gasteiger charge is -2.12. The molecule has 0 aliphatic carbocycles. The summed E-state index contributed by atoms with van der Waals surface area (Å²) in [6.45, 7) is 1.87. The van der Waals surface area contributed by atoms with Gasteiger partial charge in [-0.1, -0.05) is 17.7 Å². The van der Waals surface area contributed by atoms with E-state index in [0.29, 0.717) is 5.56 Å². The minimum absolute atomic E-state index is 0.330. The summed E-state index contributed by atoms with van der Waals surface area (Å²) in [7, 11) is 0. The van der Waals surface area contributed by atoms with Crippen molar-refractivity contribution in [3.63, 3.8) is 0 Å². The highest BCUT2D eigenvalue weighted by Crippen LogP contribution is 2.04. The Kier molecular flexibility index (Phi) is 4.42. The summed E-state index contributed by atoms with van der Waals surface area (Å²) in [5.74, 6) is -2.63. The van der Waals surface area contributed by atoms with E-state index >= 15 is 0 Å². The third-order valence-electron chi connectivity index (χ3n) is 2.32. The zero-order valence-electron chi connectivity index (χ0n) is 9.84. The van der Waals surface area contributed by atoms with Crippen LogP contribution in [0.2, 0.25) is 0 Å². The minimum Gasteiger partial charge on any atom is -0.480 e. The number of hydrogen-bond acceptors (Lipinski definition) is 3. The van der Waals surface area contributed by atoms with Crippen LogP contribution in [0.25, 0.3) is 0 Å². The van der Waals surface area contributed by atoms with E-state index < -0.39 is 30.2 Å². The summed E-state index contributed by atoms with van der Waals surface area (Å²) in [5.41, 5.74) is 6.23. The van der Waals surface area contributed by atoms with Gasteiger partial charge >= 0.3 is 5.97 Å². The van der Waals surface area contributed by atoms with Gasteiger partial charge in [-0.3, -0.25) is 9.59 Å². The first-order chi connectivity index (χ1) is 8.40. The molecule has 0 saturated heterocycles. The smallest absolute Gasteiger partial charge is 0.326 e. The van der Waals surface area contributed by atoms with Crippen molar-refractivity contribution in [3.8, 4) is 0 Å². The number of aryl methyl sites for hydroxylation is 1. The first kappa shape index (κ1) is 13.7. The van der Waals surface area contributed by atoms with Crippen LogP contribution >= 0.6 is 0 Å². The maximum Gasteiger partial charge on any atom is 0.326 e. The molecule has 1 atom stereocenters. The van der Waals surface area contributed by atoms with Gasteiger partial charge in [-0.15, -0.1) is 0 Å². The van der Waals surface area contributed by atoms with Gasteiger partial charge in [0.05, 0.1) is 6.42 Å². The number of nitrogens with two attached hydrogens (primary N) is 1. The molecule has 1 aromatic rings. The van der Waals surface area contributed by atoms with Crippen molar-refractivity contribution in [2.45, 2.75) is 19.4 Å². The van der Waals surface area contributed by atoms with E-state index in [4.69, 9.17) is 10.8 Å². The number of carboxylic acids is 1. The molecule has 96 valence electrons. The van der Waals surface area contributed by atoms with Gasteiger partial charge in [0, 0.05) is 5.56 Å². The Balaban J connectivity index is 2.75. The fourth-order valence-corrected chi connectivity index (χ4v) is 1.35. The van der Waals surface area contributed by atoms with Gasteiger partial charge in [0.2, 0.25) is 5.91 Å². The second-order valence-corrected chi connectivity index (χ2v) is 3.90. The SMILES string of the molecule is Cc1ccc(C(=O)N[C@H](CC(N)=O)C(=O)O)cc1. The zero-order valence-corrected chi connectivity index (χ0v) is 9.84. The molecule has 18 heavy (non-hydrogen) atoms. The molecular weight excluding hydrogens is 236 g/mol. The summed E-state index contributed by atoms with van der Waals surface area (Å²) < 4.78 is 0. The average Bonchev–Trinajstić information content (AvgIpc) is 2.28. The second-order valence-electron chi connectivity index (χ2n) is 3.90. The van der Waals surface area contributed by atoms with Crippen LogP contribution in [0.3, 0.4) is 0 Å². The molecule has 0 radical (unpaired) electrons. The van der Waals surface area contributed by atoms with E-state index in [1.807, 2.05) is 6.92 Å². The third kappa shape index (κ3) is 3.89. The van der Waals surface area contributed by atoms with Crippen molar-refractivity contribution >= 4 is 17.8 Å². The highest BCUT2D eigenvalue weighted by atomic mass is 16.4. The number of amides is 2. The number of carboxylic acid groups (broad SMARTS) is 1. The van der Waals surface area contributed by atoms with Crippen LogP contribution in [0.5, 0.6) is 0 Å². The van der Waals surface area contributed by atoms with Gasteiger partial charge in [-0.2, -0.15) is 0 Å².